The van der Waals surface area contributed by atoms with Crippen molar-refractivity contribution < 1.29 is 19.3 Å². The van der Waals surface area contributed by atoms with Gasteiger partial charge in [-0.05, 0) is 79.2 Å². The quantitative estimate of drug-likeness (QED) is 0.626. The highest BCUT2D eigenvalue weighted by Gasteiger charge is 2.51. The number of imidazole rings is 1. The first-order valence-corrected chi connectivity index (χ1v) is 12.3. The van der Waals surface area contributed by atoms with Crippen molar-refractivity contribution >= 4 is 19.0 Å². The molecule has 4 rings (SSSR count). The Kier molecular flexibility index (Phi) is 6.36. The molecule has 2 fully saturated rings. The zero-order valence-corrected chi connectivity index (χ0v) is 21.5. The van der Waals surface area contributed by atoms with Crippen LogP contribution in [0.4, 0.5) is 4.79 Å². The van der Waals surface area contributed by atoms with Crippen LogP contribution in [0.3, 0.4) is 0 Å². The van der Waals surface area contributed by atoms with E-state index in [1.54, 1.807) is 13.8 Å². The van der Waals surface area contributed by atoms with Gasteiger partial charge in [0.15, 0.2) is 0 Å². The topological polar surface area (TPSA) is 87.7 Å². The summed E-state index contributed by atoms with van der Waals surface area (Å²) >= 11 is 0. The van der Waals surface area contributed by atoms with Crippen LogP contribution in [0.2, 0.25) is 0 Å². The molecular formula is C26H38BN3O4. The van der Waals surface area contributed by atoms with E-state index in [2.05, 4.69) is 9.97 Å². The zero-order chi connectivity index (χ0) is 24.9. The van der Waals surface area contributed by atoms with E-state index in [0.717, 1.165) is 41.8 Å². The Morgan fingerprint density at radius 3 is 2.41 bits per heavy atom. The van der Waals surface area contributed by atoms with Gasteiger partial charge in [0.05, 0.1) is 29.1 Å². The number of fused-ring (bicyclic) bond motifs is 2. The van der Waals surface area contributed by atoms with Gasteiger partial charge in [0.25, 0.3) is 0 Å². The summed E-state index contributed by atoms with van der Waals surface area (Å²) in [5, 5.41) is 10.3. The molecular weight excluding hydrogens is 429 g/mol. The van der Waals surface area contributed by atoms with Gasteiger partial charge < -0.3 is 19.5 Å². The van der Waals surface area contributed by atoms with Crippen molar-refractivity contribution in [3.8, 4) is 11.3 Å². The van der Waals surface area contributed by atoms with Crippen molar-refractivity contribution in [2.75, 3.05) is 0 Å². The summed E-state index contributed by atoms with van der Waals surface area (Å²) < 4.78 is 11.7. The second-order valence-electron chi connectivity index (χ2n) is 11.8. The van der Waals surface area contributed by atoms with Crippen LogP contribution < -0.4 is 5.46 Å². The molecule has 7 nitrogen and oxygen atoms in total. The van der Waals surface area contributed by atoms with E-state index in [1.807, 2.05) is 70.0 Å². The van der Waals surface area contributed by atoms with Gasteiger partial charge in [-0.25, -0.2) is 9.78 Å². The fourth-order valence-corrected chi connectivity index (χ4v) is 4.77. The molecule has 34 heavy (non-hydrogen) atoms. The van der Waals surface area contributed by atoms with Crippen molar-refractivity contribution in [1.82, 2.24) is 14.9 Å². The molecule has 0 radical (unpaired) electrons. The standard InChI is InChI=1S/C26H38BN3O4/c1-24(2,3)33-23(31)30-19-13-10-17(14-19)21(30)22-28-15-20(29-22)16-8-11-18(12-9-16)27-34-26(6,7)25(4,5)32/h8-9,11-12,15,17,19,21,27,32H,10,13-14H2,1-7H3,(H,28,29)/t17-,19+,21-/m0/s1. The lowest BCUT2D eigenvalue weighted by Gasteiger charge is -2.37. The molecule has 1 amide bonds. The van der Waals surface area contributed by atoms with Crippen molar-refractivity contribution in [3.63, 3.8) is 0 Å². The molecule has 184 valence electrons. The van der Waals surface area contributed by atoms with Crippen LogP contribution in [-0.4, -0.2) is 56.4 Å². The summed E-state index contributed by atoms with van der Waals surface area (Å²) in [6, 6.07) is 8.30. The lowest BCUT2D eigenvalue weighted by Crippen LogP contribution is -2.49. The van der Waals surface area contributed by atoms with Crippen molar-refractivity contribution in [2.45, 2.75) is 96.6 Å². The van der Waals surface area contributed by atoms with E-state index in [4.69, 9.17) is 9.39 Å². The van der Waals surface area contributed by atoms with Crippen molar-refractivity contribution in [3.05, 3.63) is 36.3 Å². The fourth-order valence-electron chi connectivity index (χ4n) is 4.77. The second kappa shape index (κ2) is 8.72. The third kappa shape index (κ3) is 5.03. The molecule has 2 aromatic rings. The second-order valence-corrected chi connectivity index (χ2v) is 11.8. The Labute approximate surface area is 203 Å². The fraction of sp³-hybridized carbons (Fsp3) is 0.615. The summed E-state index contributed by atoms with van der Waals surface area (Å²) in [5.41, 5.74) is 0.856. The third-order valence-corrected chi connectivity index (χ3v) is 7.40. The first-order chi connectivity index (χ1) is 15.7. The number of ether oxygens (including phenoxy) is 1. The van der Waals surface area contributed by atoms with Gasteiger partial charge in [0, 0.05) is 6.04 Å². The Balaban J connectivity index is 1.47. The molecule has 2 bridgehead atoms. The summed E-state index contributed by atoms with van der Waals surface area (Å²) in [4.78, 5) is 23.0. The minimum Gasteiger partial charge on any atom is -0.444 e. The molecule has 1 aliphatic heterocycles. The number of carbonyl (C=O) groups is 1. The SMILES string of the molecule is CC(C)(C)OC(=O)N1[C@@H]2CC[C@@H](C2)[C@H]1c1ncc(-c2ccc(BOC(C)(C)C(C)(C)O)cc2)[nH]1. The summed E-state index contributed by atoms with van der Waals surface area (Å²) in [6.45, 7) is 13.0. The summed E-state index contributed by atoms with van der Waals surface area (Å²) in [6.07, 6.45) is 4.75. The number of rotatable bonds is 6. The normalized spacial score (nSPS) is 22.8. The van der Waals surface area contributed by atoms with Crippen molar-refractivity contribution in [1.29, 1.82) is 0 Å². The molecule has 0 spiro atoms. The number of amides is 1. The highest BCUT2D eigenvalue weighted by Crippen LogP contribution is 2.50. The monoisotopic (exact) mass is 467 g/mol. The first-order valence-electron chi connectivity index (χ1n) is 12.3. The maximum Gasteiger partial charge on any atom is 0.411 e. The molecule has 2 aliphatic rings. The molecule has 8 heteroatoms. The lowest BCUT2D eigenvalue weighted by molar-refractivity contribution is -0.0893. The van der Waals surface area contributed by atoms with Crippen LogP contribution in [0, 0.1) is 5.92 Å². The predicted molar refractivity (Wildman–Crippen MR) is 134 cm³/mol. The molecule has 1 saturated heterocycles. The number of nitrogens with zero attached hydrogens (tertiary/aromatic N) is 2. The van der Waals surface area contributed by atoms with E-state index < -0.39 is 16.8 Å². The van der Waals surface area contributed by atoms with Crippen LogP contribution >= 0.6 is 0 Å². The first kappa shape index (κ1) is 24.8. The van der Waals surface area contributed by atoms with Crippen LogP contribution in [0.5, 0.6) is 0 Å². The predicted octanol–water partition coefficient (Wildman–Crippen LogP) is 4.08. The number of aromatic amines is 1. The Bertz CT molecular complexity index is 1020. The lowest BCUT2D eigenvalue weighted by atomic mass is 9.82. The molecule has 1 aromatic heterocycles. The molecule has 2 heterocycles. The number of nitrogens with one attached hydrogen (secondary N) is 1. The Morgan fingerprint density at radius 2 is 1.79 bits per heavy atom. The number of likely N-dealkylation sites (tertiary alicyclic amines) is 1. The number of hydrogen-bond donors (Lipinski definition) is 2. The van der Waals surface area contributed by atoms with E-state index >= 15 is 0 Å². The highest BCUT2D eigenvalue weighted by atomic mass is 16.6. The average Bonchev–Trinajstić information content (AvgIpc) is 3.46. The molecule has 3 atom stereocenters. The van der Waals surface area contributed by atoms with E-state index in [1.165, 1.54) is 0 Å². The van der Waals surface area contributed by atoms with E-state index in [9.17, 15) is 9.90 Å². The molecule has 2 N–H and O–H groups in total. The average molecular weight is 467 g/mol. The summed E-state index contributed by atoms with van der Waals surface area (Å²) in [5.74, 6) is 1.24. The smallest absolute Gasteiger partial charge is 0.411 e. The molecule has 1 saturated carbocycles. The Hall–Kier alpha value is -2.32. The number of piperidine rings is 1. The molecule has 1 aliphatic carbocycles. The van der Waals surface area contributed by atoms with Gasteiger partial charge in [-0.3, -0.25) is 4.90 Å². The number of hydrogen-bond acceptors (Lipinski definition) is 5. The maximum absolute atomic E-state index is 13.0. The number of benzene rings is 1. The largest absolute Gasteiger partial charge is 0.444 e. The van der Waals surface area contributed by atoms with Gasteiger partial charge in [0.1, 0.15) is 11.4 Å². The van der Waals surface area contributed by atoms with Gasteiger partial charge in [-0.15, -0.1) is 0 Å². The van der Waals surface area contributed by atoms with Gasteiger partial charge in [-0.1, -0.05) is 29.7 Å². The number of aromatic nitrogens is 2. The molecule has 0 unspecified atom stereocenters. The number of carbonyl (C=O) groups excluding carboxylic acids is 1. The number of aliphatic hydroxyl groups is 1. The van der Waals surface area contributed by atoms with Crippen LogP contribution in [0.1, 0.15) is 79.6 Å². The zero-order valence-electron chi connectivity index (χ0n) is 21.5. The van der Waals surface area contributed by atoms with Gasteiger partial charge >= 0.3 is 13.6 Å². The van der Waals surface area contributed by atoms with Crippen molar-refractivity contribution in [2.24, 2.45) is 5.92 Å². The maximum atomic E-state index is 13.0. The highest BCUT2D eigenvalue weighted by molar-refractivity contribution is 6.47. The number of H-pyrrole nitrogens is 1. The van der Waals surface area contributed by atoms with Crippen LogP contribution in [-0.2, 0) is 9.39 Å². The van der Waals surface area contributed by atoms with Gasteiger partial charge in [-0.2, -0.15) is 0 Å². The van der Waals surface area contributed by atoms with Crippen LogP contribution in [0.15, 0.2) is 30.5 Å². The summed E-state index contributed by atoms with van der Waals surface area (Å²) in [7, 11) is 0.418. The third-order valence-electron chi connectivity index (χ3n) is 7.40. The molecule has 1 aromatic carbocycles. The van der Waals surface area contributed by atoms with Crippen LogP contribution in [0.25, 0.3) is 11.3 Å². The van der Waals surface area contributed by atoms with E-state index in [-0.39, 0.29) is 18.2 Å². The Morgan fingerprint density at radius 1 is 1.12 bits per heavy atom. The minimum absolute atomic E-state index is 0.0703. The van der Waals surface area contributed by atoms with Gasteiger partial charge in [0.2, 0.25) is 0 Å². The minimum atomic E-state index is -0.938. The van der Waals surface area contributed by atoms with E-state index in [0.29, 0.717) is 13.4 Å².